The third-order valence-corrected chi connectivity index (χ3v) is 2.53. The van der Waals surface area contributed by atoms with Gasteiger partial charge in [0.1, 0.15) is 11.6 Å². The minimum Gasteiger partial charge on any atom is -0.382 e. The molecule has 0 unspecified atom stereocenters. The van der Waals surface area contributed by atoms with E-state index in [1.54, 1.807) is 12.1 Å². The first-order valence-electron chi connectivity index (χ1n) is 5.31. The molecule has 0 spiro atoms. The SMILES string of the molecule is CCCc1c(N)n[nH]c1-c1ccc(F)cc1. The van der Waals surface area contributed by atoms with Gasteiger partial charge in [0.05, 0.1) is 5.69 Å². The highest BCUT2D eigenvalue weighted by atomic mass is 19.1. The molecule has 84 valence electrons. The molecule has 1 aromatic heterocycles. The topological polar surface area (TPSA) is 54.7 Å². The van der Waals surface area contributed by atoms with Crippen LogP contribution in [0.3, 0.4) is 0 Å². The number of benzene rings is 1. The van der Waals surface area contributed by atoms with E-state index in [1.807, 2.05) is 0 Å². The second-order valence-corrected chi connectivity index (χ2v) is 3.72. The normalized spacial score (nSPS) is 10.6. The molecule has 0 saturated heterocycles. The highest BCUT2D eigenvalue weighted by Crippen LogP contribution is 2.26. The molecule has 0 bridgehead atoms. The molecular formula is C12H14FN3. The van der Waals surface area contributed by atoms with Crippen molar-refractivity contribution in [2.45, 2.75) is 19.8 Å². The van der Waals surface area contributed by atoms with Crippen LogP contribution in [0.15, 0.2) is 24.3 Å². The Kier molecular flexibility index (Phi) is 2.90. The lowest BCUT2D eigenvalue weighted by Crippen LogP contribution is -1.92. The maximum Gasteiger partial charge on any atom is 0.149 e. The first-order chi connectivity index (χ1) is 7.72. The van der Waals surface area contributed by atoms with Crippen LogP contribution < -0.4 is 5.73 Å². The predicted molar refractivity (Wildman–Crippen MR) is 62.4 cm³/mol. The Balaban J connectivity index is 2.43. The van der Waals surface area contributed by atoms with E-state index < -0.39 is 0 Å². The predicted octanol–water partition coefficient (Wildman–Crippen LogP) is 2.75. The number of hydrogen-bond acceptors (Lipinski definition) is 2. The van der Waals surface area contributed by atoms with Crippen molar-refractivity contribution in [2.24, 2.45) is 0 Å². The van der Waals surface area contributed by atoms with Gasteiger partial charge in [-0.2, -0.15) is 5.10 Å². The van der Waals surface area contributed by atoms with Gasteiger partial charge in [-0.1, -0.05) is 13.3 Å². The van der Waals surface area contributed by atoms with Crippen LogP contribution in [0.25, 0.3) is 11.3 Å². The Morgan fingerprint density at radius 1 is 1.31 bits per heavy atom. The van der Waals surface area contributed by atoms with E-state index in [4.69, 9.17) is 5.73 Å². The van der Waals surface area contributed by atoms with E-state index in [1.165, 1.54) is 12.1 Å². The minimum atomic E-state index is -0.242. The lowest BCUT2D eigenvalue weighted by atomic mass is 10.0. The lowest BCUT2D eigenvalue weighted by molar-refractivity contribution is 0.628. The van der Waals surface area contributed by atoms with Crippen molar-refractivity contribution in [1.82, 2.24) is 10.2 Å². The fraction of sp³-hybridized carbons (Fsp3) is 0.250. The van der Waals surface area contributed by atoms with E-state index in [9.17, 15) is 4.39 Å². The van der Waals surface area contributed by atoms with Gasteiger partial charge in [0.25, 0.3) is 0 Å². The van der Waals surface area contributed by atoms with Gasteiger partial charge in [-0.3, -0.25) is 5.10 Å². The summed E-state index contributed by atoms with van der Waals surface area (Å²) in [6.45, 7) is 2.08. The van der Waals surface area contributed by atoms with Crippen LogP contribution in [0, 0.1) is 5.82 Å². The Labute approximate surface area is 93.5 Å². The molecule has 3 N–H and O–H groups in total. The van der Waals surface area contributed by atoms with Gasteiger partial charge in [0.2, 0.25) is 0 Å². The number of anilines is 1. The molecule has 1 heterocycles. The van der Waals surface area contributed by atoms with Gasteiger partial charge in [-0.05, 0) is 30.7 Å². The molecule has 2 aromatic rings. The van der Waals surface area contributed by atoms with Gasteiger partial charge in [0, 0.05) is 11.1 Å². The third kappa shape index (κ3) is 1.91. The number of nitrogen functional groups attached to an aromatic ring is 1. The summed E-state index contributed by atoms with van der Waals surface area (Å²) in [5.41, 5.74) is 8.59. The van der Waals surface area contributed by atoms with Crippen molar-refractivity contribution in [3.8, 4) is 11.3 Å². The number of nitrogens with one attached hydrogen (secondary N) is 1. The molecule has 0 aliphatic carbocycles. The summed E-state index contributed by atoms with van der Waals surface area (Å²) in [7, 11) is 0. The molecule has 16 heavy (non-hydrogen) atoms. The molecular weight excluding hydrogens is 205 g/mol. The van der Waals surface area contributed by atoms with E-state index in [-0.39, 0.29) is 5.82 Å². The quantitative estimate of drug-likeness (QED) is 0.834. The molecule has 0 amide bonds. The summed E-state index contributed by atoms with van der Waals surface area (Å²) in [5.74, 6) is 0.287. The largest absolute Gasteiger partial charge is 0.382 e. The van der Waals surface area contributed by atoms with Gasteiger partial charge in [-0.15, -0.1) is 0 Å². The highest BCUT2D eigenvalue weighted by Gasteiger charge is 2.11. The molecule has 0 radical (unpaired) electrons. The molecule has 2 rings (SSSR count). The van der Waals surface area contributed by atoms with Crippen molar-refractivity contribution < 1.29 is 4.39 Å². The number of halogens is 1. The molecule has 0 atom stereocenters. The zero-order chi connectivity index (χ0) is 11.5. The van der Waals surface area contributed by atoms with Gasteiger partial charge < -0.3 is 5.73 Å². The molecule has 1 aromatic carbocycles. The Hall–Kier alpha value is -1.84. The number of nitrogens with two attached hydrogens (primary N) is 1. The van der Waals surface area contributed by atoms with Crippen LogP contribution in [0.5, 0.6) is 0 Å². The average molecular weight is 219 g/mol. The number of hydrogen-bond donors (Lipinski definition) is 2. The standard InChI is InChI=1S/C12H14FN3/c1-2-3-10-11(15-16-12(10)14)8-4-6-9(13)7-5-8/h4-7H,2-3H2,1H3,(H3,14,15,16). The van der Waals surface area contributed by atoms with Gasteiger partial charge in [0.15, 0.2) is 0 Å². The Bertz CT molecular complexity index is 474. The zero-order valence-corrected chi connectivity index (χ0v) is 9.13. The van der Waals surface area contributed by atoms with Crippen LogP contribution in [-0.2, 0) is 6.42 Å². The summed E-state index contributed by atoms with van der Waals surface area (Å²) in [4.78, 5) is 0. The average Bonchev–Trinajstić information content (AvgIpc) is 2.63. The third-order valence-electron chi connectivity index (χ3n) is 2.53. The van der Waals surface area contributed by atoms with Gasteiger partial charge in [-0.25, -0.2) is 4.39 Å². The maximum absolute atomic E-state index is 12.8. The Morgan fingerprint density at radius 2 is 2.00 bits per heavy atom. The fourth-order valence-electron chi connectivity index (χ4n) is 1.74. The monoisotopic (exact) mass is 219 g/mol. The number of H-pyrrole nitrogens is 1. The molecule has 4 heteroatoms. The van der Waals surface area contributed by atoms with Crippen LogP contribution in [0.2, 0.25) is 0 Å². The van der Waals surface area contributed by atoms with Crippen molar-refractivity contribution in [1.29, 1.82) is 0 Å². The van der Waals surface area contributed by atoms with Crippen molar-refractivity contribution >= 4 is 5.82 Å². The smallest absolute Gasteiger partial charge is 0.149 e. The first-order valence-corrected chi connectivity index (χ1v) is 5.31. The molecule has 0 fully saturated rings. The number of rotatable bonds is 3. The second kappa shape index (κ2) is 4.35. The van der Waals surface area contributed by atoms with Crippen molar-refractivity contribution in [3.05, 3.63) is 35.6 Å². The maximum atomic E-state index is 12.8. The van der Waals surface area contributed by atoms with E-state index in [0.717, 1.165) is 29.7 Å². The zero-order valence-electron chi connectivity index (χ0n) is 9.13. The van der Waals surface area contributed by atoms with E-state index >= 15 is 0 Å². The summed E-state index contributed by atoms with van der Waals surface area (Å²) < 4.78 is 12.8. The highest BCUT2D eigenvalue weighted by molar-refractivity contribution is 5.67. The lowest BCUT2D eigenvalue weighted by Gasteiger charge is -2.02. The second-order valence-electron chi connectivity index (χ2n) is 3.72. The minimum absolute atomic E-state index is 0.242. The summed E-state index contributed by atoms with van der Waals surface area (Å²) in [5, 5.41) is 6.89. The van der Waals surface area contributed by atoms with Crippen molar-refractivity contribution in [3.63, 3.8) is 0 Å². The van der Waals surface area contributed by atoms with Crippen molar-refractivity contribution in [2.75, 3.05) is 5.73 Å². The number of aromatic nitrogens is 2. The van der Waals surface area contributed by atoms with Crippen LogP contribution in [0.4, 0.5) is 10.2 Å². The molecule has 3 nitrogen and oxygen atoms in total. The fourth-order valence-corrected chi connectivity index (χ4v) is 1.74. The number of nitrogens with zero attached hydrogens (tertiary/aromatic N) is 1. The summed E-state index contributed by atoms with van der Waals surface area (Å²) in [6, 6.07) is 6.31. The molecule has 0 aliphatic rings. The summed E-state index contributed by atoms with van der Waals surface area (Å²) in [6.07, 6.45) is 1.87. The summed E-state index contributed by atoms with van der Waals surface area (Å²) >= 11 is 0. The van der Waals surface area contributed by atoms with Crippen LogP contribution >= 0.6 is 0 Å². The van der Waals surface area contributed by atoms with Crippen LogP contribution in [-0.4, -0.2) is 10.2 Å². The molecule has 0 saturated carbocycles. The number of aromatic amines is 1. The first kappa shape index (κ1) is 10.7. The van der Waals surface area contributed by atoms with E-state index in [2.05, 4.69) is 17.1 Å². The van der Waals surface area contributed by atoms with E-state index in [0.29, 0.717) is 5.82 Å². The Morgan fingerprint density at radius 3 is 2.62 bits per heavy atom. The molecule has 0 aliphatic heterocycles. The van der Waals surface area contributed by atoms with Gasteiger partial charge >= 0.3 is 0 Å². The van der Waals surface area contributed by atoms with Crippen LogP contribution in [0.1, 0.15) is 18.9 Å².